The highest BCUT2D eigenvalue weighted by atomic mass is 19.1. The summed E-state index contributed by atoms with van der Waals surface area (Å²) < 4.78 is 17.9. The molecule has 4 nitrogen and oxygen atoms in total. The molecule has 2 rings (SSSR count). The van der Waals surface area contributed by atoms with E-state index in [2.05, 4.69) is 15.3 Å². The maximum Gasteiger partial charge on any atom is 0.322 e. The summed E-state index contributed by atoms with van der Waals surface area (Å²) in [5.41, 5.74) is 1.15. The molecule has 5 heteroatoms. The van der Waals surface area contributed by atoms with Gasteiger partial charge in [-0.3, -0.25) is 0 Å². The third-order valence-corrected chi connectivity index (χ3v) is 2.11. The van der Waals surface area contributed by atoms with Gasteiger partial charge in [0.05, 0.1) is 12.4 Å². The summed E-state index contributed by atoms with van der Waals surface area (Å²) >= 11 is 0. The average molecular weight is 233 g/mol. The zero-order valence-corrected chi connectivity index (χ0v) is 9.35. The summed E-state index contributed by atoms with van der Waals surface area (Å²) in [5, 5.41) is 3.05. The predicted octanol–water partition coefficient (Wildman–Crippen LogP) is 2.13. The van der Waals surface area contributed by atoms with Crippen LogP contribution in [0, 0.1) is 5.82 Å². The molecule has 0 spiro atoms. The summed E-state index contributed by atoms with van der Waals surface area (Å²) in [6.45, 7) is 0.799. The molecule has 0 atom stereocenters. The van der Waals surface area contributed by atoms with Crippen LogP contribution in [0.1, 0.15) is 5.56 Å². The number of aromatic nitrogens is 2. The van der Waals surface area contributed by atoms with Crippen molar-refractivity contribution in [3.8, 4) is 11.8 Å². The van der Waals surface area contributed by atoms with Crippen LogP contribution in [0.25, 0.3) is 0 Å². The van der Waals surface area contributed by atoms with E-state index in [4.69, 9.17) is 4.74 Å². The molecule has 0 aliphatic rings. The van der Waals surface area contributed by atoms with Crippen molar-refractivity contribution < 1.29 is 9.13 Å². The van der Waals surface area contributed by atoms with Crippen molar-refractivity contribution in [1.82, 2.24) is 15.3 Å². The number of hydrogen-bond acceptors (Lipinski definition) is 4. The van der Waals surface area contributed by atoms with Gasteiger partial charge in [0.15, 0.2) is 5.82 Å². The fourth-order valence-corrected chi connectivity index (χ4v) is 1.34. The van der Waals surface area contributed by atoms with Gasteiger partial charge in [0.2, 0.25) is 0 Å². The third kappa shape index (κ3) is 3.22. The first kappa shape index (κ1) is 11.5. The molecule has 0 fully saturated rings. The van der Waals surface area contributed by atoms with E-state index in [1.165, 1.54) is 0 Å². The van der Waals surface area contributed by atoms with E-state index in [1.54, 1.807) is 0 Å². The summed E-state index contributed by atoms with van der Waals surface area (Å²) in [7, 11) is 1.89. The Labute approximate surface area is 98.5 Å². The van der Waals surface area contributed by atoms with Crippen LogP contribution in [0.15, 0.2) is 36.7 Å². The molecule has 17 heavy (non-hydrogen) atoms. The van der Waals surface area contributed by atoms with Gasteiger partial charge in [-0.05, 0) is 24.7 Å². The lowest BCUT2D eigenvalue weighted by Gasteiger charge is -2.04. The van der Waals surface area contributed by atoms with E-state index in [1.807, 2.05) is 31.3 Å². The highest BCUT2D eigenvalue weighted by Crippen LogP contribution is 2.17. The number of halogens is 1. The van der Waals surface area contributed by atoms with Gasteiger partial charge in [-0.2, -0.15) is 0 Å². The molecule has 0 saturated carbocycles. The molecule has 0 bridgehead atoms. The predicted molar refractivity (Wildman–Crippen MR) is 61.3 cm³/mol. The average Bonchev–Trinajstić information content (AvgIpc) is 2.35. The fourth-order valence-electron chi connectivity index (χ4n) is 1.34. The molecule has 0 saturated heterocycles. The number of nitrogens with zero attached hydrogens (tertiary/aromatic N) is 2. The second kappa shape index (κ2) is 5.36. The smallest absolute Gasteiger partial charge is 0.322 e. The van der Waals surface area contributed by atoms with Crippen LogP contribution in [0.2, 0.25) is 0 Å². The van der Waals surface area contributed by atoms with Crippen molar-refractivity contribution in [1.29, 1.82) is 0 Å². The van der Waals surface area contributed by atoms with Crippen LogP contribution in [-0.4, -0.2) is 17.0 Å². The van der Waals surface area contributed by atoms with E-state index in [-0.39, 0.29) is 6.01 Å². The first-order chi connectivity index (χ1) is 8.28. The maximum absolute atomic E-state index is 12.6. The topological polar surface area (TPSA) is 47.0 Å². The Morgan fingerprint density at radius 2 is 1.82 bits per heavy atom. The SMILES string of the molecule is CNCc1ccc(Oc2ncc(F)cn2)cc1. The molecule has 0 aliphatic carbocycles. The zero-order valence-electron chi connectivity index (χ0n) is 9.35. The molecule has 1 N–H and O–H groups in total. The number of benzene rings is 1. The Kier molecular flexibility index (Phi) is 3.62. The first-order valence-electron chi connectivity index (χ1n) is 5.17. The van der Waals surface area contributed by atoms with Gasteiger partial charge in [0.1, 0.15) is 5.75 Å². The van der Waals surface area contributed by atoms with Crippen molar-refractivity contribution in [2.24, 2.45) is 0 Å². The molecular formula is C12H12FN3O. The lowest BCUT2D eigenvalue weighted by Crippen LogP contribution is -2.04. The van der Waals surface area contributed by atoms with Crippen LogP contribution in [-0.2, 0) is 6.54 Å². The summed E-state index contributed by atoms with van der Waals surface area (Å²) in [6.07, 6.45) is 2.13. The first-order valence-corrected chi connectivity index (χ1v) is 5.17. The third-order valence-electron chi connectivity index (χ3n) is 2.11. The van der Waals surface area contributed by atoms with Crippen LogP contribution in [0.4, 0.5) is 4.39 Å². The Balaban J connectivity index is 2.05. The van der Waals surface area contributed by atoms with E-state index < -0.39 is 5.82 Å². The number of nitrogens with one attached hydrogen (secondary N) is 1. The molecule has 2 aromatic rings. The lowest BCUT2D eigenvalue weighted by molar-refractivity contribution is 0.436. The normalized spacial score (nSPS) is 10.2. The van der Waals surface area contributed by atoms with Crippen LogP contribution >= 0.6 is 0 Å². The second-order valence-corrected chi connectivity index (χ2v) is 3.46. The van der Waals surface area contributed by atoms with Gasteiger partial charge in [0, 0.05) is 6.54 Å². The Morgan fingerprint density at radius 3 is 2.41 bits per heavy atom. The van der Waals surface area contributed by atoms with Gasteiger partial charge in [0.25, 0.3) is 0 Å². The monoisotopic (exact) mass is 233 g/mol. The van der Waals surface area contributed by atoms with Crippen LogP contribution < -0.4 is 10.1 Å². The number of rotatable bonds is 4. The zero-order chi connectivity index (χ0) is 12.1. The van der Waals surface area contributed by atoms with Crippen LogP contribution in [0.5, 0.6) is 11.8 Å². The Hall–Kier alpha value is -2.01. The molecular weight excluding hydrogens is 221 g/mol. The van der Waals surface area contributed by atoms with Crippen LogP contribution in [0.3, 0.4) is 0 Å². The van der Waals surface area contributed by atoms with Gasteiger partial charge < -0.3 is 10.1 Å². The van der Waals surface area contributed by atoms with Gasteiger partial charge in [-0.25, -0.2) is 14.4 Å². The summed E-state index contributed by atoms with van der Waals surface area (Å²) in [5.74, 6) is 0.137. The van der Waals surface area contributed by atoms with Crippen molar-refractivity contribution >= 4 is 0 Å². The minimum atomic E-state index is -0.485. The highest BCUT2D eigenvalue weighted by Gasteiger charge is 2.00. The van der Waals surface area contributed by atoms with E-state index in [0.717, 1.165) is 24.5 Å². The second-order valence-electron chi connectivity index (χ2n) is 3.46. The maximum atomic E-state index is 12.6. The molecule has 88 valence electrons. The van der Waals surface area contributed by atoms with Crippen molar-refractivity contribution in [3.63, 3.8) is 0 Å². The molecule has 0 amide bonds. The Bertz CT molecular complexity index is 470. The standard InChI is InChI=1S/C12H12FN3O/c1-14-6-9-2-4-11(5-3-9)17-12-15-7-10(13)8-16-12/h2-5,7-8,14H,6H2,1H3. The van der Waals surface area contributed by atoms with E-state index in [0.29, 0.717) is 5.75 Å². The van der Waals surface area contributed by atoms with E-state index in [9.17, 15) is 4.39 Å². The summed E-state index contributed by atoms with van der Waals surface area (Å²) in [4.78, 5) is 7.42. The molecule has 1 heterocycles. The van der Waals surface area contributed by atoms with Crippen molar-refractivity contribution in [3.05, 3.63) is 48.0 Å². The molecule has 0 unspecified atom stereocenters. The molecule has 1 aromatic heterocycles. The largest absolute Gasteiger partial charge is 0.424 e. The lowest BCUT2D eigenvalue weighted by atomic mass is 10.2. The van der Waals surface area contributed by atoms with Crippen molar-refractivity contribution in [2.75, 3.05) is 7.05 Å². The Morgan fingerprint density at radius 1 is 1.18 bits per heavy atom. The highest BCUT2D eigenvalue weighted by molar-refractivity contribution is 5.29. The quantitative estimate of drug-likeness (QED) is 0.878. The number of ether oxygens (including phenoxy) is 1. The van der Waals surface area contributed by atoms with E-state index >= 15 is 0 Å². The fraction of sp³-hybridized carbons (Fsp3) is 0.167. The van der Waals surface area contributed by atoms with Gasteiger partial charge in [-0.15, -0.1) is 0 Å². The minimum Gasteiger partial charge on any atom is -0.424 e. The number of hydrogen-bond donors (Lipinski definition) is 1. The minimum absolute atomic E-state index is 0.132. The van der Waals surface area contributed by atoms with Gasteiger partial charge >= 0.3 is 6.01 Å². The summed E-state index contributed by atoms with van der Waals surface area (Å²) in [6, 6.07) is 7.65. The molecule has 1 aromatic carbocycles. The molecule has 0 aliphatic heterocycles. The van der Waals surface area contributed by atoms with Crippen molar-refractivity contribution in [2.45, 2.75) is 6.54 Å². The van der Waals surface area contributed by atoms with Gasteiger partial charge in [-0.1, -0.05) is 12.1 Å². The molecule has 0 radical (unpaired) electrons.